The molecule has 0 saturated heterocycles. The molecule has 7 heteroatoms. The van der Waals surface area contributed by atoms with Crippen LogP contribution < -0.4 is 10.6 Å². The molecule has 2 rings (SSSR count). The molecule has 0 aliphatic heterocycles. The van der Waals surface area contributed by atoms with Crippen LogP contribution in [-0.4, -0.2) is 32.0 Å². The summed E-state index contributed by atoms with van der Waals surface area (Å²) >= 11 is 0. The zero-order valence-electron chi connectivity index (χ0n) is 14.4. The number of alkyl halides is 3. The highest BCUT2D eigenvalue weighted by molar-refractivity contribution is 5.74. The SMILES string of the molecule is CC(NC(=O)NCCCOCC(F)(F)F)c1ccc2c(c1)CCCC2. The minimum Gasteiger partial charge on any atom is -0.372 e. The molecule has 1 atom stereocenters. The molecule has 1 aliphatic rings. The third-order valence-electron chi connectivity index (χ3n) is 4.24. The molecule has 0 fully saturated rings. The number of benzene rings is 1. The first-order valence-corrected chi connectivity index (χ1v) is 8.66. The molecule has 2 N–H and O–H groups in total. The molecule has 0 radical (unpaired) electrons. The van der Waals surface area contributed by atoms with Crippen molar-refractivity contribution in [1.29, 1.82) is 0 Å². The lowest BCUT2D eigenvalue weighted by atomic mass is 9.89. The third kappa shape index (κ3) is 6.94. The van der Waals surface area contributed by atoms with Crippen molar-refractivity contribution in [2.75, 3.05) is 19.8 Å². The summed E-state index contributed by atoms with van der Waals surface area (Å²) in [5, 5.41) is 5.48. The maximum Gasteiger partial charge on any atom is 0.411 e. The topological polar surface area (TPSA) is 50.4 Å². The maximum absolute atomic E-state index is 11.9. The predicted molar refractivity (Wildman–Crippen MR) is 89.5 cm³/mol. The largest absolute Gasteiger partial charge is 0.411 e. The van der Waals surface area contributed by atoms with Crippen LogP contribution in [0.2, 0.25) is 0 Å². The molecule has 4 nitrogen and oxygen atoms in total. The van der Waals surface area contributed by atoms with Crippen molar-refractivity contribution in [2.45, 2.75) is 51.2 Å². The van der Waals surface area contributed by atoms with E-state index < -0.39 is 12.8 Å². The lowest BCUT2D eigenvalue weighted by Gasteiger charge is -2.20. The van der Waals surface area contributed by atoms with Gasteiger partial charge in [0.1, 0.15) is 6.61 Å². The number of amides is 2. The highest BCUT2D eigenvalue weighted by Crippen LogP contribution is 2.24. The molecule has 0 heterocycles. The number of ether oxygens (including phenoxy) is 1. The Kier molecular flexibility index (Phi) is 7.11. The van der Waals surface area contributed by atoms with Gasteiger partial charge in [-0.2, -0.15) is 13.2 Å². The lowest BCUT2D eigenvalue weighted by Crippen LogP contribution is -2.37. The number of halogens is 3. The molecule has 0 aromatic heterocycles. The third-order valence-corrected chi connectivity index (χ3v) is 4.24. The molecule has 0 saturated carbocycles. The summed E-state index contributed by atoms with van der Waals surface area (Å²) in [6.07, 6.45) is 0.657. The zero-order valence-corrected chi connectivity index (χ0v) is 14.4. The van der Waals surface area contributed by atoms with Crippen LogP contribution >= 0.6 is 0 Å². The summed E-state index contributed by atoms with van der Waals surface area (Å²) in [5.74, 6) is 0. The summed E-state index contributed by atoms with van der Waals surface area (Å²) in [6, 6.07) is 5.87. The Bertz CT molecular complexity index is 576. The summed E-state index contributed by atoms with van der Waals surface area (Å²) in [4.78, 5) is 11.9. The van der Waals surface area contributed by atoms with E-state index in [2.05, 4.69) is 27.5 Å². The summed E-state index contributed by atoms with van der Waals surface area (Å²) in [5.41, 5.74) is 3.81. The van der Waals surface area contributed by atoms with Gasteiger partial charge < -0.3 is 15.4 Å². The van der Waals surface area contributed by atoms with Gasteiger partial charge in [-0.15, -0.1) is 0 Å². The molecule has 25 heavy (non-hydrogen) atoms. The van der Waals surface area contributed by atoms with Crippen molar-refractivity contribution in [1.82, 2.24) is 10.6 Å². The number of hydrogen-bond donors (Lipinski definition) is 2. The number of fused-ring (bicyclic) bond motifs is 1. The Hall–Kier alpha value is -1.76. The number of rotatable bonds is 7. The first kappa shape index (κ1) is 19.6. The molecule has 0 spiro atoms. The van der Waals surface area contributed by atoms with E-state index in [0.29, 0.717) is 6.42 Å². The average molecular weight is 358 g/mol. The fraction of sp³-hybridized carbons (Fsp3) is 0.611. The van der Waals surface area contributed by atoms with Crippen molar-refractivity contribution in [3.8, 4) is 0 Å². The zero-order chi connectivity index (χ0) is 18.3. The Morgan fingerprint density at radius 3 is 2.68 bits per heavy atom. The van der Waals surface area contributed by atoms with Crippen LogP contribution in [0.5, 0.6) is 0 Å². The van der Waals surface area contributed by atoms with Crippen LogP contribution in [0.15, 0.2) is 18.2 Å². The van der Waals surface area contributed by atoms with Crippen molar-refractivity contribution in [3.63, 3.8) is 0 Å². The van der Waals surface area contributed by atoms with E-state index in [1.54, 1.807) is 0 Å². The van der Waals surface area contributed by atoms with Gasteiger partial charge in [0.15, 0.2) is 0 Å². The minimum atomic E-state index is -4.31. The van der Waals surface area contributed by atoms with Crippen LogP contribution in [0, 0.1) is 0 Å². The summed E-state index contributed by atoms with van der Waals surface area (Å²) < 4.78 is 40.2. The van der Waals surface area contributed by atoms with Crippen molar-refractivity contribution in [3.05, 3.63) is 34.9 Å². The highest BCUT2D eigenvalue weighted by atomic mass is 19.4. The van der Waals surface area contributed by atoms with E-state index in [1.165, 1.54) is 24.0 Å². The molecular weight excluding hydrogens is 333 g/mol. The Balaban J connectivity index is 1.68. The van der Waals surface area contributed by atoms with Crippen molar-refractivity contribution in [2.24, 2.45) is 0 Å². The fourth-order valence-electron chi connectivity index (χ4n) is 2.92. The molecule has 1 unspecified atom stereocenters. The number of aryl methyl sites for hydroxylation is 2. The van der Waals surface area contributed by atoms with E-state index in [1.807, 2.05) is 13.0 Å². The van der Waals surface area contributed by atoms with Gasteiger partial charge in [0.25, 0.3) is 0 Å². The number of carbonyl (C=O) groups is 1. The normalized spacial score (nSPS) is 15.4. The van der Waals surface area contributed by atoms with E-state index in [0.717, 1.165) is 18.4 Å². The van der Waals surface area contributed by atoms with Crippen molar-refractivity contribution >= 4 is 6.03 Å². The van der Waals surface area contributed by atoms with Gasteiger partial charge in [0, 0.05) is 13.2 Å². The second kappa shape index (κ2) is 9.08. The Labute approximate surface area is 146 Å². The molecular formula is C18H25F3N2O2. The first-order chi connectivity index (χ1) is 11.8. The van der Waals surface area contributed by atoms with E-state index >= 15 is 0 Å². The second-order valence-corrected chi connectivity index (χ2v) is 6.38. The Morgan fingerprint density at radius 2 is 1.96 bits per heavy atom. The molecule has 2 amide bonds. The van der Waals surface area contributed by atoms with Crippen LogP contribution in [0.4, 0.5) is 18.0 Å². The molecule has 1 aliphatic carbocycles. The van der Waals surface area contributed by atoms with Crippen LogP contribution in [-0.2, 0) is 17.6 Å². The van der Waals surface area contributed by atoms with Crippen LogP contribution in [0.1, 0.15) is 48.9 Å². The van der Waals surface area contributed by atoms with Crippen molar-refractivity contribution < 1.29 is 22.7 Å². The molecule has 1 aromatic carbocycles. The van der Waals surface area contributed by atoms with Crippen LogP contribution in [0.3, 0.4) is 0 Å². The smallest absolute Gasteiger partial charge is 0.372 e. The van der Waals surface area contributed by atoms with Gasteiger partial charge in [0.05, 0.1) is 6.04 Å². The minimum absolute atomic E-state index is 0.0415. The quantitative estimate of drug-likeness (QED) is 0.727. The number of urea groups is 1. The summed E-state index contributed by atoms with van der Waals surface area (Å²) in [7, 11) is 0. The monoisotopic (exact) mass is 358 g/mol. The molecule has 140 valence electrons. The van der Waals surface area contributed by atoms with Gasteiger partial charge in [-0.3, -0.25) is 0 Å². The first-order valence-electron chi connectivity index (χ1n) is 8.66. The van der Waals surface area contributed by atoms with Gasteiger partial charge in [-0.25, -0.2) is 4.79 Å². The van der Waals surface area contributed by atoms with Gasteiger partial charge in [-0.1, -0.05) is 18.2 Å². The van der Waals surface area contributed by atoms with Gasteiger partial charge in [-0.05, 0) is 55.7 Å². The average Bonchev–Trinajstić information content (AvgIpc) is 2.56. The number of carbonyl (C=O) groups excluding carboxylic acids is 1. The lowest BCUT2D eigenvalue weighted by molar-refractivity contribution is -0.173. The predicted octanol–water partition coefficient (Wildman–Crippen LogP) is 3.89. The maximum atomic E-state index is 11.9. The van der Waals surface area contributed by atoms with Crippen LogP contribution in [0.25, 0.3) is 0 Å². The Morgan fingerprint density at radius 1 is 1.24 bits per heavy atom. The van der Waals surface area contributed by atoms with Gasteiger partial charge >= 0.3 is 12.2 Å². The fourth-order valence-corrected chi connectivity index (χ4v) is 2.92. The van der Waals surface area contributed by atoms with Gasteiger partial charge in [0.2, 0.25) is 0 Å². The van der Waals surface area contributed by atoms with E-state index in [4.69, 9.17) is 0 Å². The van der Waals surface area contributed by atoms with E-state index in [-0.39, 0.29) is 25.2 Å². The number of hydrogen-bond acceptors (Lipinski definition) is 2. The number of nitrogens with one attached hydrogen (secondary N) is 2. The standard InChI is InChI=1S/C18H25F3N2O2/c1-13(15-8-7-14-5-2-3-6-16(14)11-15)23-17(24)22-9-4-10-25-12-18(19,20)21/h7-8,11,13H,2-6,9-10,12H2,1H3,(H2,22,23,24). The molecule has 1 aromatic rings. The second-order valence-electron chi connectivity index (χ2n) is 6.38. The van der Waals surface area contributed by atoms with E-state index in [9.17, 15) is 18.0 Å². The highest BCUT2D eigenvalue weighted by Gasteiger charge is 2.27. The molecule has 0 bridgehead atoms. The summed E-state index contributed by atoms with van der Waals surface area (Å²) in [6.45, 7) is 0.881.